The van der Waals surface area contributed by atoms with E-state index in [0.717, 1.165) is 6.42 Å². The summed E-state index contributed by atoms with van der Waals surface area (Å²) in [5.41, 5.74) is 0.635. The van der Waals surface area contributed by atoms with Crippen molar-refractivity contribution in [2.24, 2.45) is 0 Å². The van der Waals surface area contributed by atoms with Crippen molar-refractivity contribution in [1.29, 1.82) is 0 Å². The molecule has 2 rings (SSSR count). The number of halogens is 2. The third-order valence-electron chi connectivity index (χ3n) is 3.06. The van der Waals surface area contributed by atoms with E-state index in [0.29, 0.717) is 11.3 Å². The van der Waals surface area contributed by atoms with E-state index in [2.05, 4.69) is 4.98 Å². The van der Waals surface area contributed by atoms with Crippen LogP contribution in [0, 0.1) is 11.6 Å². The van der Waals surface area contributed by atoms with Crippen LogP contribution in [0.15, 0.2) is 36.7 Å². The quantitative estimate of drug-likeness (QED) is 0.800. The summed E-state index contributed by atoms with van der Waals surface area (Å²) < 4.78 is 33.0. The Hall–Kier alpha value is -1.97. The van der Waals surface area contributed by atoms with Crippen molar-refractivity contribution in [3.8, 4) is 11.5 Å². The van der Waals surface area contributed by atoms with Crippen molar-refractivity contribution >= 4 is 0 Å². The molecule has 4 heteroatoms. The molecule has 2 aromatic rings. The summed E-state index contributed by atoms with van der Waals surface area (Å²) in [6.07, 6.45) is 3.79. The van der Waals surface area contributed by atoms with Crippen molar-refractivity contribution < 1.29 is 13.5 Å². The zero-order valence-electron chi connectivity index (χ0n) is 10.9. The molecule has 0 bridgehead atoms. The van der Waals surface area contributed by atoms with E-state index >= 15 is 0 Å². The number of aromatic nitrogens is 1. The normalized spacial score (nSPS) is 12.2. The van der Waals surface area contributed by atoms with Crippen LogP contribution in [0.2, 0.25) is 0 Å². The summed E-state index contributed by atoms with van der Waals surface area (Å²) >= 11 is 0. The van der Waals surface area contributed by atoms with Gasteiger partial charge in [0.05, 0.1) is 6.20 Å². The molecule has 1 atom stereocenters. The van der Waals surface area contributed by atoms with Crippen LogP contribution in [-0.4, -0.2) is 4.98 Å². The molecule has 2 nitrogen and oxygen atoms in total. The van der Waals surface area contributed by atoms with Crippen molar-refractivity contribution in [3.63, 3.8) is 0 Å². The zero-order valence-corrected chi connectivity index (χ0v) is 10.9. The van der Waals surface area contributed by atoms with Crippen LogP contribution in [0.1, 0.15) is 31.7 Å². The van der Waals surface area contributed by atoms with Gasteiger partial charge >= 0.3 is 0 Å². The smallest absolute Gasteiger partial charge is 0.198 e. The molecule has 0 spiro atoms. The first kappa shape index (κ1) is 13.5. The molecule has 19 heavy (non-hydrogen) atoms. The Morgan fingerprint density at radius 3 is 2.47 bits per heavy atom. The fraction of sp³-hybridized carbons (Fsp3) is 0.267. The molecule has 0 amide bonds. The van der Waals surface area contributed by atoms with Gasteiger partial charge in [-0.2, -0.15) is 0 Å². The summed E-state index contributed by atoms with van der Waals surface area (Å²) in [7, 11) is 0. The molecule has 0 aliphatic carbocycles. The molecule has 1 heterocycles. The largest absolute Gasteiger partial charge is 0.450 e. The Bertz CT molecular complexity index is 534. The van der Waals surface area contributed by atoms with Gasteiger partial charge in [-0.05, 0) is 42.2 Å². The van der Waals surface area contributed by atoms with Gasteiger partial charge in [0, 0.05) is 6.20 Å². The molecule has 0 aliphatic rings. The summed E-state index contributed by atoms with van der Waals surface area (Å²) in [6, 6.07) is 5.87. The monoisotopic (exact) mass is 263 g/mol. The van der Waals surface area contributed by atoms with Gasteiger partial charge in [0.25, 0.3) is 0 Å². The van der Waals surface area contributed by atoms with Gasteiger partial charge < -0.3 is 4.74 Å². The fourth-order valence-corrected chi connectivity index (χ4v) is 1.72. The number of nitrogens with zero attached hydrogens (tertiary/aromatic N) is 1. The van der Waals surface area contributed by atoms with Gasteiger partial charge in [-0.25, -0.2) is 8.78 Å². The first-order valence-corrected chi connectivity index (χ1v) is 6.18. The van der Waals surface area contributed by atoms with Crippen LogP contribution in [-0.2, 0) is 0 Å². The average Bonchev–Trinajstić information content (AvgIpc) is 2.43. The van der Waals surface area contributed by atoms with Gasteiger partial charge in [-0.3, -0.25) is 4.98 Å². The molecular formula is C15H15F2NO. The lowest BCUT2D eigenvalue weighted by atomic mass is 9.98. The first-order valence-electron chi connectivity index (χ1n) is 6.18. The van der Waals surface area contributed by atoms with E-state index < -0.39 is 11.6 Å². The van der Waals surface area contributed by atoms with Crippen molar-refractivity contribution in [1.82, 2.24) is 4.98 Å². The summed E-state index contributed by atoms with van der Waals surface area (Å²) in [6.45, 7) is 3.90. The van der Waals surface area contributed by atoms with Crippen LogP contribution in [0.3, 0.4) is 0 Å². The highest BCUT2D eigenvalue weighted by atomic mass is 19.1. The maximum absolute atomic E-state index is 13.9. The lowest BCUT2D eigenvalue weighted by molar-refractivity contribution is 0.404. The van der Waals surface area contributed by atoms with E-state index in [9.17, 15) is 8.78 Å². The summed E-state index contributed by atoms with van der Waals surface area (Å²) in [5.74, 6) is -1.37. The van der Waals surface area contributed by atoms with E-state index in [1.54, 1.807) is 18.3 Å². The van der Waals surface area contributed by atoms with Crippen molar-refractivity contribution in [2.75, 3.05) is 0 Å². The van der Waals surface area contributed by atoms with Gasteiger partial charge in [-0.15, -0.1) is 0 Å². The second-order valence-electron chi connectivity index (χ2n) is 4.41. The second-order valence-corrected chi connectivity index (χ2v) is 4.41. The number of benzene rings is 1. The van der Waals surface area contributed by atoms with Crippen molar-refractivity contribution in [2.45, 2.75) is 26.2 Å². The van der Waals surface area contributed by atoms with Gasteiger partial charge in [0.2, 0.25) is 0 Å². The minimum absolute atomic E-state index is 0.108. The third-order valence-corrected chi connectivity index (χ3v) is 3.06. The van der Waals surface area contributed by atoms with Gasteiger partial charge in [-0.1, -0.05) is 13.8 Å². The number of hydrogen-bond donors (Lipinski definition) is 0. The summed E-state index contributed by atoms with van der Waals surface area (Å²) in [5, 5.41) is 0. The van der Waals surface area contributed by atoms with Crippen LogP contribution in [0.4, 0.5) is 8.78 Å². The average molecular weight is 263 g/mol. The highest BCUT2D eigenvalue weighted by Crippen LogP contribution is 2.31. The molecular weight excluding hydrogens is 248 g/mol. The van der Waals surface area contributed by atoms with Crippen LogP contribution >= 0.6 is 0 Å². The molecule has 100 valence electrons. The maximum atomic E-state index is 13.9. The predicted octanol–water partition coefficient (Wildman–Crippen LogP) is 4.67. The van der Waals surface area contributed by atoms with E-state index in [1.165, 1.54) is 18.3 Å². The zero-order chi connectivity index (χ0) is 13.8. The summed E-state index contributed by atoms with van der Waals surface area (Å²) in [4.78, 5) is 3.83. The molecule has 0 fully saturated rings. The molecule has 0 aliphatic heterocycles. The molecule has 1 aromatic carbocycles. The minimum Gasteiger partial charge on any atom is -0.450 e. The highest BCUT2D eigenvalue weighted by Gasteiger charge is 2.15. The molecule has 0 saturated heterocycles. The molecule has 0 saturated carbocycles. The third kappa shape index (κ3) is 3.08. The maximum Gasteiger partial charge on any atom is 0.198 e. The lowest BCUT2D eigenvalue weighted by Crippen LogP contribution is -1.98. The predicted molar refractivity (Wildman–Crippen MR) is 69.4 cm³/mol. The van der Waals surface area contributed by atoms with Crippen LogP contribution in [0.25, 0.3) is 0 Å². The Morgan fingerprint density at radius 2 is 1.95 bits per heavy atom. The standard InChI is InChI=1S/C15H15F2NO/c1-3-10(2)11-7-13(16)15(14(17)8-11)19-12-5-4-6-18-9-12/h4-10H,3H2,1-2H3. The van der Waals surface area contributed by atoms with Gasteiger partial charge in [0.1, 0.15) is 5.75 Å². The number of ether oxygens (including phenoxy) is 1. The Labute approximate surface area is 111 Å². The van der Waals surface area contributed by atoms with E-state index in [4.69, 9.17) is 4.74 Å². The minimum atomic E-state index is -0.695. The van der Waals surface area contributed by atoms with Crippen molar-refractivity contribution in [3.05, 3.63) is 53.9 Å². The van der Waals surface area contributed by atoms with Crippen LogP contribution in [0.5, 0.6) is 11.5 Å². The number of hydrogen-bond acceptors (Lipinski definition) is 2. The molecule has 1 unspecified atom stereocenters. The SMILES string of the molecule is CCC(C)c1cc(F)c(Oc2cccnc2)c(F)c1. The second kappa shape index (κ2) is 5.78. The highest BCUT2D eigenvalue weighted by molar-refractivity contribution is 5.36. The lowest BCUT2D eigenvalue weighted by Gasteiger charge is -2.12. The van der Waals surface area contributed by atoms with Crippen LogP contribution < -0.4 is 4.74 Å². The van der Waals surface area contributed by atoms with Gasteiger partial charge in [0.15, 0.2) is 17.4 Å². The number of rotatable bonds is 4. The molecule has 0 N–H and O–H groups in total. The first-order chi connectivity index (χ1) is 9.11. The van der Waals surface area contributed by atoms with E-state index in [-0.39, 0.29) is 11.7 Å². The topological polar surface area (TPSA) is 22.1 Å². The Kier molecular flexibility index (Phi) is 4.10. The van der Waals surface area contributed by atoms with E-state index in [1.807, 2.05) is 13.8 Å². The number of pyridine rings is 1. The fourth-order valence-electron chi connectivity index (χ4n) is 1.72. The Morgan fingerprint density at radius 1 is 1.26 bits per heavy atom. The molecule has 0 radical (unpaired) electrons. The molecule has 1 aromatic heterocycles. The Balaban J connectivity index is 2.32.